The molecule has 1 aliphatic carbocycles. The van der Waals surface area contributed by atoms with Gasteiger partial charge in [0.15, 0.2) is 0 Å². The summed E-state index contributed by atoms with van der Waals surface area (Å²) in [5, 5.41) is 19.1. The number of aliphatic hydroxyl groups excluding tert-OH is 2. The van der Waals surface area contributed by atoms with E-state index in [1.165, 1.54) is 0 Å². The minimum atomic E-state index is -0.195. The molecule has 0 spiro atoms. The molecule has 0 bridgehead atoms. The molecule has 0 radical (unpaired) electrons. The van der Waals surface area contributed by atoms with E-state index in [9.17, 15) is 10.2 Å². The van der Waals surface area contributed by atoms with Crippen LogP contribution < -0.4 is 0 Å². The predicted molar refractivity (Wildman–Crippen MR) is 62.6 cm³/mol. The van der Waals surface area contributed by atoms with E-state index in [-0.39, 0.29) is 17.6 Å². The third-order valence-electron chi connectivity index (χ3n) is 3.99. The zero-order chi connectivity index (χ0) is 11.6. The standard InChI is InChI=1S/C13H26O2/c1-9-7-11(15)8-13(3,4)12(9)6-5-10(2)14/h9-12,14-15H,5-8H2,1-4H3/t9-,10+,11+,12-/m1/s1. The summed E-state index contributed by atoms with van der Waals surface area (Å²) < 4.78 is 0. The van der Waals surface area contributed by atoms with Crippen molar-refractivity contribution < 1.29 is 10.2 Å². The lowest BCUT2D eigenvalue weighted by atomic mass is 9.61. The van der Waals surface area contributed by atoms with Gasteiger partial charge in [0.1, 0.15) is 0 Å². The summed E-state index contributed by atoms with van der Waals surface area (Å²) in [6, 6.07) is 0. The van der Waals surface area contributed by atoms with Crippen LogP contribution in [0.5, 0.6) is 0 Å². The smallest absolute Gasteiger partial charge is 0.0548 e. The molecule has 0 amide bonds. The first-order valence-electron chi connectivity index (χ1n) is 6.19. The summed E-state index contributed by atoms with van der Waals surface area (Å²) in [5.74, 6) is 1.21. The van der Waals surface area contributed by atoms with Gasteiger partial charge in [0, 0.05) is 0 Å². The van der Waals surface area contributed by atoms with Crippen LogP contribution in [0.25, 0.3) is 0 Å². The van der Waals surface area contributed by atoms with Crippen molar-refractivity contribution in [3.05, 3.63) is 0 Å². The lowest BCUT2D eigenvalue weighted by Gasteiger charge is -2.45. The quantitative estimate of drug-likeness (QED) is 0.758. The van der Waals surface area contributed by atoms with E-state index in [0.717, 1.165) is 25.7 Å². The maximum absolute atomic E-state index is 9.76. The maximum atomic E-state index is 9.76. The van der Waals surface area contributed by atoms with Gasteiger partial charge in [-0.1, -0.05) is 20.8 Å². The molecule has 1 fully saturated rings. The van der Waals surface area contributed by atoms with Gasteiger partial charge in [-0.15, -0.1) is 0 Å². The number of aliphatic hydroxyl groups is 2. The fraction of sp³-hybridized carbons (Fsp3) is 1.00. The highest BCUT2D eigenvalue weighted by molar-refractivity contribution is 4.90. The molecule has 0 aliphatic heterocycles. The van der Waals surface area contributed by atoms with Crippen LogP contribution in [0.1, 0.15) is 53.4 Å². The fourth-order valence-corrected chi connectivity index (χ4v) is 3.30. The Hall–Kier alpha value is -0.0800. The largest absolute Gasteiger partial charge is 0.393 e. The molecule has 1 saturated carbocycles. The Balaban J connectivity index is 2.59. The third kappa shape index (κ3) is 3.46. The zero-order valence-electron chi connectivity index (χ0n) is 10.5. The van der Waals surface area contributed by atoms with E-state index in [4.69, 9.17) is 0 Å². The minimum Gasteiger partial charge on any atom is -0.393 e. The average molecular weight is 214 g/mol. The van der Waals surface area contributed by atoms with Crippen molar-refractivity contribution in [2.24, 2.45) is 17.3 Å². The van der Waals surface area contributed by atoms with Crippen molar-refractivity contribution >= 4 is 0 Å². The predicted octanol–water partition coefficient (Wildman–Crippen LogP) is 2.58. The van der Waals surface area contributed by atoms with Crippen molar-refractivity contribution in [2.75, 3.05) is 0 Å². The second-order valence-corrected chi connectivity index (χ2v) is 6.09. The molecule has 0 aromatic rings. The first kappa shape index (κ1) is 13.0. The molecule has 90 valence electrons. The van der Waals surface area contributed by atoms with Gasteiger partial charge in [0.25, 0.3) is 0 Å². The molecule has 2 N–H and O–H groups in total. The molecule has 1 rings (SSSR count). The Morgan fingerprint density at radius 2 is 2.00 bits per heavy atom. The molecule has 0 aromatic heterocycles. The number of hydrogen-bond acceptors (Lipinski definition) is 2. The molecule has 15 heavy (non-hydrogen) atoms. The fourth-order valence-electron chi connectivity index (χ4n) is 3.30. The maximum Gasteiger partial charge on any atom is 0.0548 e. The van der Waals surface area contributed by atoms with Gasteiger partial charge >= 0.3 is 0 Å². The Morgan fingerprint density at radius 3 is 2.47 bits per heavy atom. The molecule has 0 saturated heterocycles. The summed E-state index contributed by atoms with van der Waals surface area (Å²) >= 11 is 0. The van der Waals surface area contributed by atoms with Gasteiger partial charge in [0.05, 0.1) is 12.2 Å². The van der Waals surface area contributed by atoms with Gasteiger partial charge in [-0.25, -0.2) is 0 Å². The summed E-state index contributed by atoms with van der Waals surface area (Å²) in [4.78, 5) is 0. The second-order valence-electron chi connectivity index (χ2n) is 6.09. The second kappa shape index (κ2) is 4.84. The number of hydrogen-bond donors (Lipinski definition) is 2. The van der Waals surface area contributed by atoms with Crippen molar-refractivity contribution in [1.82, 2.24) is 0 Å². The summed E-state index contributed by atoms with van der Waals surface area (Å²) in [7, 11) is 0. The van der Waals surface area contributed by atoms with E-state index < -0.39 is 0 Å². The highest BCUT2D eigenvalue weighted by Crippen LogP contribution is 2.46. The van der Waals surface area contributed by atoms with E-state index in [0.29, 0.717) is 11.8 Å². The van der Waals surface area contributed by atoms with Crippen LogP contribution in [-0.2, 0) is 0 Å². The van der Waals surface area contributed by atoms with Crippen LogP contribution in [0, 0.1) is 17.3 Å². The van der Waals surface area contributed by atoms with Crippen LogP contribution in [0.4, 0.5) is 0 Å². The zero-order valence-corrected chi connectivity index (χ0v) is 10.5. The highest BCUT2D eigenvalue weighted by atomic mass is 16.3. The molecule has 0 unspecified atom stereocenters. The normalized spacial score (nSPS) is 37.6. The SMILES string of the molecule is C[C@H](O)CC[C@@H]1[C@H](C)C[C@H](O)CC1(C)C. The third-order valence-corrected chi connectivity index (χ3v) is 3.99. The Morgan fingerprint density at radius 1 is 1.40 bits per heavy atom. The Kier molecular flexibility index (Phi) is 4.19. The van der Waals surface area contributed by atoms with E-state index >= 15 is 0 Å². The average Bonchev–Trinajstić information content (AvgIpc) is 1.98. The van der Waals surface area contributed by atoms with Crippen LogP contribution in [0.3, 0.4) is 0 Å². The lowest BCUT2D eigenvalue weighted by Crippen LogP contribution is -2.40. The minimum absolute atomic E-state index is 0.127. The van der Waals surface area contributed by atoms with Crippen molar-refractivity contribution in [3.63, 3.8) is 0 Å². The lowest BCUT2D eigenvalue weighted by molar-refractivity contribution is -0.0197. The van der Waals surface area contributed by atoms with Gasteiger partial charge in [-0.3, -0.25) is 0 Å². The van der Waals surface area contributed by atoms with Gasteiger partial charge in [0.2, 0.25) is 0 Å². The van der Waals surface area contributed by atoms with E-state index in [2.05, 4.69) is 20.8 Å². The van der Waals surface area contributed by atoms with Crippen molar-refractivity contribution in [2.45, 2.75) is 65.6 Å². The molecule has 4 atom stereocenters. The molecule has 1 aliphatic rings. The molecule has 2 heteroatoms. The summed E-state index contributed by atoms with van der Waals surface area (Å²) in [5.41, 5.74) is 0.214. The van der Waals surface area contributed by atoms with Crippen molar-refractivity contribution in [1.29, 1.82) is 0 Å². The van der Waals surface area contributed by atoms with Crippen LogP contribution >= 0.6 is 0 Å². The summed E-state index contributed by atoms with van der Waals surface area (Å²) in [6.07, 6.45) is 3.47. The van der Waals surface area contributed by atoms with E-state index in [1.54, 1.807) is 0 Å². The Bertz CT molecular complexity index is 199. The molecular formula is C13H26O2. The first-order chi connectivity index (χ1) is 6.83. The van der Waals surface area contributed by atoms with Crippen molar-refractivity contribution in [3.8, 4) is 0 Å². The van der Waals surface area contributed by atoms with E-state index in [1.807, 2.05) is 6.92 Å². The molecule has 0 aromatic carbocycles. The summed E-state index contributed by atoms with van der Waals surface area (Å²) in [6.45, 7) is 8.59. The van der Waals surface area contributed by atoms with Crippen LogP contribution in [0.15, 0.2) is 0 Å². The van der Waals surface area contributed by atoms with Crippen LogP contribution in [-0.4, -0.2) is 22.4 Å². The first-order valence-corrected chi connectivity index (χ1v) is 6.19. The Labute approximate surface area is 93.7 Å². The molecule has 0 heterocycles. The van der Waals surface area contributed by atoms with Gasteiger partial charge in [-0.2, -0.15) is 0 Å². The van der Waals surface area contributed by atoms with Gasteiger partial charge < -0.3 is 10.2 Å². The molecular weight excluding hydrogens is 188 g/mol. The van der Waals surface area contributed by atoms with Gasteiger partial charge in [-0.05, 0) is 49.9 Å². The highest BCUT2D eigenvalue weighted by Gasteiger charge is 2.39. The molecule has 2 nitrogen and oxygen atoms in total. The number of rotatable bonds is 3. The monoisotopic (exact) mass is 214 g/mol. The van der Waals surface area contributed by atoms with Crippen LogP contribution in [0.2, 0.25) is 0 Å². The topological polar surface area (TPSA) is 40.5 Å².